The maximum absolute atomic E-state index is 13.1. The summed E-state index contributed by atoms with van der Waals surface area (Å²) in [5.74, 6) is -3.48. The van der Waals surface area contributed by atoms with Gasteiger partial charge in [-0.1, -0.05) is 0 Å². The smallest absolute Gasteiger partial charge is 0.248 e. The third kappa shape index (κ3) is 3.58. The van der Waals surface area contributed by atoms with Gasteiger partial charge in [0.1, 0.15) is 0 Å². The van der Waals surface area contributed by atoms with Gasteiger partial charge < -0.3 is 19.9 Å². The Balaban J connectivity index is 2.01. The number of phenols is 1. The molecule has 1 aliphatic rings. The molecule has 0 aliphatic heterocycles. The minimum Gasteiger partial charge on any atom is -0.502 e. The van der Waals surface area contributed by atoms with E-state index >= 15 is 0 Å². The van der Waals surface area contributed by atoms with E-state index < -0.39 is 18.3 Å². The first-order valence-corrected chi connectivity index (χ1v) is 6.95. The summed E-state index contributed by atoms with van der Waals surface area (Å²) < 4.78 is 36.3. The monoisotopic (exact) mass is 315 g/mol. The number of aromatic hydroxyl groups is 1. The predicted molar refractivity (Wildman–Crippen MR) is 75.3 cm³/mol. The molecular weight excluding hydrogens is 296 g/mol. The molecule has 1 atom stereocenters. The van der Waals surface area contributed by atoms with Gasteiger partial charge in [0.15, 0.2) is 11.5 Å². The van der Waals surface area contributed by atoms with Crippen LogP contribution in [0, 0.1) is 5.92 Å². The van der Waals surface area contributed by atoms with Crippen LogP contribution in [0.5, 0.6) is 17.2 Å². The fraction of sp³-hybridized carbons (Fsp3) is 0.533. The zero-order valence-electron chi connectivity index (χ0n) is 12.5. The summed E-state index contributed by atoms with van der Waals surface area (Å²) in [7, 11) is 2.80. The summed E-state index contributed by atoms with van der Waals surface area (Å²) in [5.41, 5.74) is 0.643. The second-order valence-electron chi connectivity index (χ2n) is 5.36. The van der Waals surface area contributed by atoms with Gasteiger partial charge in [0.2, 0.25) is 17.6 Å². The second-order valence-corrected chi connectivity index (χ2v) is 5.36. The first-order valence-electron chi connectivity index (χ1n) is 6.95. The quantitative estimate of drug-likeness (QED) is 0.876. The average molecular weight is 315 g/mol. The normalized spacial score (nSPS) is 19.7. The Morgan fingerprint density at radius 1 is 1.36 bits per heavy atom. The zero-order chi connectivity index (χ0) is 16.3. The predicted octanol–water partition coefficient (Wildman–Crippen LogP) is 2.46. The lowest BCUT2D eigenvalue weighted by Gasteiger charge is -2.14. The van der Waals surface area contributed by atoms with Crippen molar-refractivity contribution in [3.05, 3.63) is 17.7 Å². The van der Waals surface area contributed by atoms with Gasteiger partial charge in [-0.2, -0.15) is 0 Å². The summed E-state index contributed by atoms with van der Waals surface area (Å²) >= 11 is 0. The summed E-state index contributed by atoms with van der Waals surface area (Å²) in [6.45, 7) is 0.147. The van der Waals surface area contributed by atoms with Gasteiger partial charge in [0, 0.05) is 25.3 Å². The number of carbonyl (C=O) groups is 1. The lowest BCUT2D eigenvalue weighted by Crippen LogP contribution is -2.29. The van der Waals surface area contributed by atoms with Gasteiger partial charge >= 0.3 is 0 Å². The molecular formula is C15H19F2NO4. The number of nitrogens with one attached hydrogen (secondary N) is 1. The van der Waals surface area contributed by atoms with Crippen molar-refractivity contribution in [1.82, 2.24) is 5.32 Å². The molecule has 0 radical (unpaired) electrons. The number of alkyl halides is 2. The lowest BCUT2D eigenvalue weighted by molar-refractivity contribution is -0.125. The molecule has 2 N–H and O–H groups in total. The van der Waals surface area contributed by atoms with Gasteiger partial charge in [0.05, 0.1) is 14.2 Å². The van der Waals surface area contributed by atoms with Crippen molar-refractivity contribution >= 4 is 5.91 Å². The van der Waals surface area contributed by atoms with Crippen molar-refractivity contribution in [2.75, 3.05) is 14.2 Å². The fourth-order valence-corrected chi connectivity index (χ4v) is 2.56. The molecule has 0 bridgehead atoms. The van der Waals surface area contributed by atoms with E-state index in [2.05, 4.69) is 5.32 Å². The van der Waals surface area contributed by atoms with E-state index in [4.69, 9.17) is 9.47 Å². The van der Waals surface area contributed by atoms with Crippen molar-refractivity contribution in [3.63, 3.8) is 0 Å². The summed E-state index contributed by atoms with van der Waals surface area (Å²) in [6.07, 6.45) is -0.450. The Hall–Kier alpha value is -2.05. The van der Waals surface area contributed by atoms with Crippen LogP contribution in [0.25, 0.3) is 0 Å². The highest BCUT2D eigenvalue weighted by Gasteiger charge is 2.42. The molecule has 1 saturated carbocycles. The summed E-state index contributed by atoms with van der Waals surface area (Å²) in [4.78, 5) is 11.9. The van der Waals surface area contributed by atoms with Crippen molar-refractivity contribution in [3.8, 4) is 17.2 Å². The van der Waals surface area contributed by atoms with E-state index in [9.17, 15) is 18.7 Å². The fourth-order valence-electron chi connectivity index (χ4n) is 2.56. The number of rotatable bonds is 5. The number of methoxy groups -OCH3 is 2. The van der Waals surface area contributed by atoms with E-state index in [1.165, 1.54) is 14.2 Å². The van der Waals surface area contributed by atoms with Crippen LogP contribution in [0.4, 0.5) is 8.78 Å². The first-order chi connectivity index (χ1) is 10.4. The van der Waals surface area contributed by atoms with Gasteiger partial charge in [-0.25, -0.2) is 8.78 Å². The van der Waals surface area contributed by atoms with Crippen molar-refractivity contribution < 1.29 is 28.2 Å². The Labute approximate surface area is 127 Å². The molecule has 0 spiro atoms. The van der Waals surface area contributed by atoms with E-state index in [-0.39, 0.29) is 42.5 Å². The number of hydrogen-bond donors (Lipinski definition) is 2. The number of hydrogen-bond acceptors (Lipinski definition) is 4. The minimum absolute atomic E-state index is 0.129. The summed E-state index contributed by atoms with van der Waals surface area (Å²) in [6, 6.07) is 3.11. The molecule has 22 heavy (non-hydrogen) atoms. The van der Waals surface area contributed by atoms with E-state index in [0.717, 1.165) is 0 Å². The molecule has 1 unspecified atom stereocenters. The highest BCUT2D eigenvalue weighted by atomic mass is 19.3. The van der Waals surface area contributed by atoms with Crippen LogP contribution in [0.1, 0.15) is 24.8 Å². The number of benzene rings is 1. The molecule has 1 fully saturated rings. The minimum atomic E-state index is -2.74. The molecule has 1 aromatic rings. The average Bonchev–Trinajstić information content (AvgIpc) is 2.86. The lowest BCUT2D eigenvalue weighted by atomic mass is 10.1. The van der Waals surface area contributed by atoms with Crippen molar-refractivity contribution in [2.24, 2.45) is 5.92 Å². The third-order valence-electron chi connectivity index (χ3n) is 3.78. The maximum Gasteiger partial charge on any atom is 0.248 e. The Kier molecular flexibility index (Phi) is 4.73. The van der Waals surface area contributed by atoms with Gasteiger partial charge in [-0.15, -0.1) is 0 Å². The van der Waals surface area contributed by atoms with Crippen LogP contribution in [0.15, 0.2) is 12.1 Å². The largest absolute Gasteiger partial charge is 0.502 e. The number of ether oxygens (including phenoxy) is 2. The van der Waals surface area contributed by atoms with Gasteiger partial charge in [-0.05, 0) is 24.1 Å². The Morgan fingerprint density at radius 2 is 1.95 bits per heavy atom. The molecule has 122 valence electrons. The molecule has 0 saturated heterocycles. The topological polar surface area (TPSA) is 67.8 Å². The van der Waals surface area contributed by atoms with Crippen LogP contribution in [-0.2, 0) is 11.3 Å². The molecule has 7 heteroatoms. The summed E-state index contributed by atoms with van der Waals surface area (Å²) in [5, 5.41) is 12.4. The molecule has 1 amide bonds. The van der Waals surface area contributed by atoms with Crippen LogP contribution in [0.2, 0.25) is 0 Å². The zero-order valence-corrected chi connectivity index (χ0v) is 12.5. The second kappa shape index (κ2) is 6.37. The molecule has 0 aromatic heterocycles. The van der Waals surface area contributed by atoms with Crippen LogP contribution in [-0.4, -0.2) is 31.2 Å². The van der Waals surface area contributed by atoms with Crippen LogP contribution in [0.3, 0.4) is 0 Å². The number of carbonyl (C=O) groups excluding carboxylic acids is 1. The number of amides is 1. The molecule has 5 nitrogen and oxygen atoms in total. The van der Waals surface area contributed by atoms with Crippen LogP contribution < -0.4 is 14.8 Å². The van der Waals surface area contributed by atoms with E-state index in [1.807, 2.05) is 0 Å². The Bertz CT molecular complexity index is 537. The van der Waals surface area contributed by atoms with E-state index in [0.29, 0.717) is 5.56 Å². The standard InChI is InChI=1S/C15H19F2NO4/c1-21-11-5-9(6-12(22-2)13(11)19)8-18-14(20)10-3-4-15(16,17)7-10/h5-6,10,19H,3-4,7-8H2,1-2H3,(H,18,20). The van der Waals surface area contributed by atoms with Gasteiger partial charge in [0.25, 0.3) is 0 Å². The maximum atomic E-state index is 13.1. The molecule has 1 aliphatic carbocycles. The highest BCUT2D eigenvalue weighted by molar-refractivity contribution is 5.79. The highest BCUT2D eigenvalue weighted by Crippen LogP contribution is 2.39. The Morgan fingerprint density at radius 3 is 2.41 bits per heavy atom. The third-order valence-corrected chi connectivity index (χ3v) is 3.78. The molecule has 1 aromatic carbocycles. The van der Waals surface area contributed by atoms with Crippen molar-refractivity contribution in [2.45, 2.75) is 31.7 Å². The number of phenolic OH excluding ortho intramolecular Hbond substituents is 1. The van der Waals surface area contributed by atoms with Crippen molar-refractivity contribution in [1.29, 1.82) is 0 Å². The first kappa shape index (κ1) is 16.3. The SMILES string of the molecule is COc1cc(CNC(=O)C2CCC(F)(F)C2)cc(OC)c1O. The van der Waals surface area contributed by atoms with E-state index in [1.54, 1.807) is 12.1 Å². The van der Waals surface area contributed by atoms with Crippen LogP contribution >= 0.6 is 0 Å². The number of halogens is 2. The molecule has 2 rings (SSSR count). The molecule has 0 heterocycles. The van der Waals surface area contributed by atoms with Gasteiger partial charge in [-0.3, -0.25) is 4.79 Å².